The van der Waals surface area contributed by atoms with E-state index in [0.29, 0.717) is 24.8 Å². The van der Waals surface area contributed by atoms with Gasteiger partial charge in [-0.1, -0.05) is 60.8 Å². The number of hydrogen-bond acceptors (Lipinski definition) is 11. The summed E-state index contributed by atoms with van der Waals surface area (Å²) < 4.78 is 31.3. The Morgan fingerprint density at radius 2 is 1.69 bits per heavy atom. The van der Waals surface area contributed by atoms with Crippen LogP contribution in [0.3, 0.4) is 0 Å². The third-order valence-corrected chi connectivity index (χ3v) is 12.5. The molecule has 6 rings (SSSR count). The number of esters is 3. The Morgan fingerprint density at radius 1 is 0.980 bits per heavy atom. The maximum atomic E-state index is 13.9. The summed E-state index contributed by atoms with van der Waals surface area (Å²) in [6.45, 7) is 12.9. The van der Waals surface area contributed by atoms with Crippen molar-refractivity contribution in [1.82, 2.24) is 4.98 Å². The minimum Gasteiger partial charge on any atom is -0.482 e. The molecule has 51 heavy (non-hydrogen) atoms. The number of rotatable bonds is 8. The SMILES string of the molecule is CC(C)C(=O)OC[C@@]1(C)C2C[C@H](OC(=O)C3CCCCC3)[C@@]3(C)Oc4cc(-c5cccnc5)oc(=O)c4[C@H](O)C3[C@@]2(C)CC[C@@H]1OC(=O)C(C)C. The first kappa shape index (κ1) is 37.0. The van der Waals surface area contributed by atoms with Gasteiger partial charge in [0, 0.05) is 35.4 Å². The minimum absolute atomic E-state index is 0.00523. The first-order valence-electron chi connectivity index (χ1n) is 18.6. The van der Waals surface area contributed by atoms with Crippen LogP contribution in [0.25, 0.3) is 11.3 Å². The zero-order valence-electron chi connectivity index (χ0n) is 30.9. The van der Waals surface area contributed by atoms with Gasteiger partial charge in [0.15, 0.2) is 0 Å². The normalized spacial score (nSPS) is 33.3. The second-order valence-electron chi connectivity index (χ2n) is 16.6. The van der Waals surface area contributed by atoms with Crippen LogP contribution >= 0.6 is 0 Å². The van der Waals surface area contributed by atoms with Gasteiger partial charge in [-0.05, 0) is 62.5 Å². The smallest absolute Gasteiger partial charge is 0.345 e. The summed E-state index contributed by atoms with van der Waals surface area (Å²) in [7, 11) is 0. The predicted molar refractivity (Wildman–Crippen MR) is 186 cm³/mol. The average Bonchev–Trinajstić information content (AvgIpc) is 3.09. The van der Waals surface area contributed by atoms with Crippen molar-refractivity contribution in [2.45, 2.75) is 124 Å². The zero-order chi connectivity index (χ0) is 36.9. The number of aliphatic hydroxyl groups excluding tert-OH is 1. The third-order valence-electron chi connectivity index (χ3n) is 12.5. The van der Waals surface area contributed by atoms with E-state index in [4.69, 9.17) is 23.4 Å². The molecule has 11 nitrogen and oxygen atoms in total. The molecule has 0 saturated heterocycles. The summed E-state index contributed by atoms with van der Waals surface area (Å²) >= 11 is 0. The molecule has 1 aliphatic heterocycles. The van der Waals surface area contributed by atoms with Crippen molar-refractivity contribution in [2.24, 2.45) is 40.4 Å². The Kier molecular flexibility index (Phi) is 10.2. The van der Waals surface area contributed by atoms with Gasteiger partial charge in [-0.3, -0.25) is 19.4 Å². The maximum Gasteiger partial charge on any atom is 0.345 e. The highest BCUT2D eigenvalue weighted by molar-refractivity contribution is 5.73. The molecule has 0 radical (unpaired) electrons. The lowest BCUT2D eigenvalue weighted by Crippen LogP contribution is -2.71. The highest BCUT2D eigenvalue weighted by Crippen LogP contribution is 2.67. The molecule has 3 fully saturated rings. The van der Waals surface area contributed by atoms with Crippen molar-refractivity contribution >= 4 is 17.9 Å². The molecule has 278 valence electrons. The maximum absolute atomic E-state index is 13.9. The first-order chi connectivity index (χ1) is 24.1. The van der Waals surface area contributed by atoms with Gasteiger partial charge in [-0.25, -0.2) is 4.79 Å². The van der Waals surface area contributed by atoms with Gasteiger partial charge in [0.1, 0.15) is 41.5 Å². The van der Waals surface area contributed by atoms with Gasteiger partial charge >= 0.3 is 23.5 Å². The second kappa shape index (κ2) is 14.0. The number of aromatic nitrogens is 1. The Bertz CT molecular complexity index is 1680. The van der Waals surface area contributed by atoms with Gasteiger partial charge in [0.2, 0.25) is 0 Å². The minimum atomic E-state index is -1.35. The fourth-order valence-electron chi connectivity index (χ4n) is 9.62. The summed E-state index contributed by atoms with van der Waals surface area (Å²) in [5.74, 6) is -2.78. The van der Waals surface area contributed by atoms with Crippen molar-refractivity contribution in [3.05, 3.63) is 46.6 Å². The summed E-state index contributed by atoms with van der Waals surface area (Å²) in [6, 6.07) is 5.10. The van der Waals surface area contributed by atoms with Crippen molar-refractivity contribution < 1.29 is 42.9 Å². The van der Waals surface area contributed by atoms with Crippen LogP contribution in [-0.2, 0) is 28.6 Å². The lowest BCUT2D eigenvalue weighted by molar-refractivity contribution is -0.272. The molecule has 11 heteroatoms. The first-order valence-corrected chi connectivity index (χ1v) is 18.6. The van der Waals surface area contributed by atoms with E-state index in [1.54, 1.807) is 58.3 Å². The van der Waals surface area contributed by atoms with Gasteiger partial charge in [0.05, 0.1) is 23.9 Å². The Morgan fingerprint density at radius 3 is 2.33 bits per heavy atom. The molecule has 2 aromatic heterocycles. The van der Waals surface area contributed by atoms with E-state index in [2.05, 4.69) is 11.9 Å². The molecule has 4 aliphatic rings. The Hall–Kier alpha value is -3.73. The summed E-state index contributed by atoms with van der Waals surface area (Å²) in [4.78, 5) is 57.8. The summed E-state index contributed by atoms with van der Waals surface area (Å²) in [6.07, 6.45) is 6.04. The molecule has 2 unspecified atom stereocenters. The number of carbonyl (C=O) groups is 3. The predicted octanol–water partition coefficient (Wildman–Crippen LogP) is 6.59. The second-order valence-corrected chi connectivity index (χ2v) is 16.6. The van der Waals surface area contributed by atoms with Gasteiger partial charge in [-0.2, -0.15) is 0 Å². The van der Waals surface area contributed by atoms with Crippen molar-refractivity contribution in [2.75, 3.05) is 6.61 Å². The van der Waals surface area contributed by atoms with E-state index < -0.39 is 52.2 Å². The van der Waals surface area contributed by atoms with Crippen LogP contribution in [0.15, 0.2) is 39.8 Å². The standard InChI is InChI=1S/C40H53NO10/c1-22(2)34(43)47-21-39(6)28-19-30(50-36(45)24-12-9-8-10-13-24)40(7)33(38(28,5)16-15-29(39)49-35(44)23(3)4)32(42)31-27(51-40)18-26(48-37(31)46)25-14-11-17-41-20-25/h11,14,17-18,20,22-24,28-30,32-33,42H,8-10,12-13,15-16,19,21H2,1-7H3/t28?,29-,30-,32-,33?,38-,39-,40+/m0/s1. The van der Waals surface area contributed by atoms with Crippen molar-refractivity contribution in [1.29, 1.82) is 0 Å². The van der Waals surface area contributed by atoms with E-state index in [1.165, 1.54) is 0 Å². The zero-order valence-corrected chi connectivity index (χ0v) is 30.9. The van der Waals surface area contributed by atoms with Crippen molar-refractivity contribution in [3.8, 4) is 17.1 Å². The Labute approximate surface area is 299 Å². The number of fused-ring (bicyclic) bond motifs is 4. The molecular weight excluding hydrogens is 654 g/mol. The largest absolute Gasteiger partial charge is 0.482 e. The molecule has 3 saturated carbocycles. The fourth-order valence-corrected chi connectivity index (χ4v) is 9.62. The highest BCUT2D eigenvalue weighted by Gasteiger charge is 2.71. The third kappa shape index (κ3) is 6.59. The quantitative estimate of drug-likeness (QED) is 0.234. The van der Waals surface area contributed by atoms with Gasteiger partial charge in [-0.15, -0.1) is 0 Å². The number of carbonyl (C=O) groups excluding carboxylic acids is 3. The molecule has 3 heterocycles. The van der Waals surface area contributed by atoms with Crippen LogP contribution in [0, 0.1) is 40.4 Å². The topological polar surface area (TPSA) is 151 Å². The molecule has 0 amide bonds. The van der Waals surface area contributed by atoms with E-state index in [-0.39, 0.29) is 59.3 Å². The molecule has 8 atom stereocenters. The molecule has 0 aromatic carbocycles. The molecular formula is C40H53NO10. The summed E-state index contributed by atoms with van der Waals surface area (Å²) in [5.41, 5.74) is -3.11. The average molecular weight is 708 g/mol. The van der Waals surface area contributed by atoms with Crippen LogP contribution in [-0.4, -0.2) is 52.4 Å². The number of pyridine rings is 1. The van der Waals surface area contributed by atoms with E-state index >= 15 is 0 Å². The van der Waals surface area contributed by atoms with Crippen LogP contribution in [0.1, 0.15) is 112 Å². The molecule has 0 bridgehead atoms. The fraction of sp³-hybridized carbons (Fsp3) is 0.675. The van der Waals surface area contributed by atoms with Crippen LogP contribution in [0.4, 0.5) is 0 Å². The number of ether oxygens (including phenoxy) is 4. The monoisotopic (exact) mass is 707 g/mol. The van der Waals surface area contributed by atoms with E-state index in [9.17, 15) is 24.3 Å². The number of nitrogens with zero attached hydrogens (tertiary/aromatic N) is 1. The lowest BCUT2D eigenvalue weighted by atomic mass is 9.42. The molecule has 3 aliphatic carbocycles. The van der Waals surface area contributed by atoms with Gasteiger partial charge in [0.25, 0.3) is 0 Å². The van der Waals surface area contributed by atoms with Crippen LogP contribution in [0.2, 0.25) is 0 Å². The molecule has 1 N–H and O–H groups in total. The molecule has 0 spiro atoms. The Balaban J connectivity index is 1.47. The van der Waals surface area contributed by atoms with Gasteiger partial charge < -0.3 is 28.5 Å². The van der Waals surface area contributed by atoms with Crippen LogP contribution in [0.5, 0.6) is 5.75 Å². The lowest BCUT2D eigenvalue weighted by Gasteiger charge is -2.66. The van der Waals surface area contributed by atoms with E-state index in [1.807, 2.05) is 13.8 Å². The van der Waals surface area contributed by atoms with Crippen molar-refractivity contribution in [3.63, 3.8) is 0 Å². The molecule has 2 aromatic rings. The summed E-state index contributed by atoms with van der Waals surface area (Å²) in [5, 5.41) is 12.5. The highest BCUT2D eigenvalue weighted by atomic mass is 16.6. The van der Waals surface area contributed by atoms with Crippen LogP contribution < -0.4 is 10.4 Å². The number of hydrogen-bond donors (Lipinski definition) is 1. The van der Waals surface area contributed by atoms with E-state index in [0.717, 1.165) is 32.1 Å². The number of aliphatic hydroxyl groups is 1.